The van der Waals surface area contributed by atoms with Gasteiger partial charge in [-0.1, -0.05) is 13.8 Å². The highest BCUT2D eigenvalue weighted by molar-refractivity contribution is 14.0. The number of halogens is 1. The van der Waals surface area contributed by atoms with Gasteiger partial charge in [-0.2, -0.15) is 0 Å². The van der Waals surface area contributed by atoms with Crippen molar-refractivity contribution in [3.8, 4) is 0 Å². The quantitative estimate of drug-likeness (QED) is 0.355. The molecule has 0 aliphatic heterocycles. The summed E-state index contributed by atoms with van der Waals surface area (Å²) in [5, 5.41) is 9.44. The Morgan fingerprint density at radius 2 is 1.65 bits per heavy atom. The van der Waals surface area contributed by atoms with Crippen LogP contribution in [0.3, 0.4) is 0 Å². The molecule has 6 nitrogen and oxygen atoms in total. The van der Waals surface area contributed by atoms with Crippen LogP contribution in [0.25, 0.3) is 0 Å². The van der Waals surface area contributed by atoms with Crippen molar-refractivity contribution < 1.29 is 9.53 Å². The SMILES string of the molecule is CN=C(NCC(NC(=O)OC(C)(C)C)C(C)C)NC(C)(C)C.I. The van der Waals surface area contributed by atoms with Crippen LogP contribution >= 0.6 is 24.0 Å². The number of hydrogen-bond donors (Lipinski definition) is 3. The molecular formula is C16H35IN4O2. The average molecular weight is 442 g/mol. The summed E-state index contributed by atoms with van der Waals surface area (Å²) >= 11 is 0. The van der Waals surface area contributed by atoms with Crippen LogP contribution in [-0.4, -0.2) is 42.8 Å². The second-order valence-corrected chi connectivity index (χ2v) is 7.82. The van der Waals surface area contributed by atoms with Crippen molar-refractivity contribution in [2.45, 2.75) is 72.6 Å². The fourth-order valence-corrected chi connectivity index (χ4v) is 1.65. The van der Waals surface area contributed by atoms with E-state index in [1.807, 2.05) is 20.8 Å². The molecule has 23 heavy (non-hydrogen) atoms. The summed E-state index contributed by atoms with van der Waals surface area (Å²) in [5.41, 5.74) is -0.573. The van der Waals surface area contributed by atoms with Gasteiger partial charge >= 0.3 is 6.09 Å². The monoisotopic (exact) mass is 442 g/mol. The Morgan fingerprint density at radius 3 is 2.00 bits per heavy atom. The number of nitrogens with zero attached hydrogens (tertiary/aromatic N) is 1. The number of rotatable bonds is 4. The standard InChI is InChI=1S/C16H34N4O2.HI/c1-11(2)12(19-14(21)22-16(6,7)8)10-18-13(17-9)20-15(3,4)5;/h11-12H,10H2,1-9H3,(H,19,21)(H2,17,18,20);1H. The first-order valence-electron chi connectivity index (χ1n) is 7.82. The number of nitrogens with one attached hydrogen (secondary N) is 3. The van der Waals surface area contributed by atoms with Crippen LogP contribution in [-0.2, 0) is 4.74 Å². The van der Waals surface area contributed by atoms with Crippen LogP contribution in [0.4, 0.5) is 4.79 Å². The molecule has 138 valence electrons. The van der Waals surface area contributed by atoms with Gasteiger partial charge in [0.05, 0.1) is 6.04 Å². The van der Waals surface area contributed by atoms with E-state index in [9.17, 15) is 4.79 Å². The zero-order valence-electron chi connectivity index (χ0n) is 16.0. The topological polar surface area (TPSA) is 74.8 Å². The number of carbonyl (C=O) groups excluding carboxylic acids is 1. The molecule has 0 aromatic rings. The smallest absolute Gasteiger partial charge is 0.407 e. The first-order valence-corrected chi connectivity index (χ1v) is 7.82. The maximum atomic E-state index is 11.9. The molecule has 3 N–H and O–H groups in total. The summed E-state index contributed by atoms with van der Waals surface area (Å²) in [6.07, 6.45) is -0.397. The van der Waals surface area contributed by atoms with Gasteiger partial charge in [-0.3, -0.25) is 4.99 Å². The molecule has 1 unspecified atom stereocenters. The number of hydrogen-bond acceptors (Lipinski definition) is 3. The van der Waals surface area contributed by atoms with Crippen LogP contribution in [0.2, 0.25) is 0 Å². The minimum absolute atomic E-state index is 0. The van der Waals surface area contributed by atoms with Crippen LogP contribution in [0.5, 0.6) is 0 Å². The van der Waals surface area contributed by atoms with E-state index in [1.54, 1.807) is 7.05 Å². The summed E-state index contributed by atoms with van der Waals surface area (Å²) in [6.45, 7) is 16.5. The Morgan fingerprint density at radius 1 is 1.13 bits per heavy atom. The summed E-state index contributed by atoms with van der Waals surface area (Å²) in [6, 6.07) is -0.0478. The summed E-state index contributed by atoms with van der Waals surface area (Å²) in [4.78, 5) is 16.1. The summed E-state index contributed by atoms with van der Waals surface area (Å²) in [7, 11) is 1.73. The molecule has 0 radical (unpaired) electrons. The molecular weight excluding hydrogens is 407 g/mol. The van der Waals surface area contributed by atoms with Crippen molar-refractivity contribution in [2.75, 3.05) is 13.6 Å². The predicted octanol–water partition coefficient (Wildman–Crippen LogP) is 3.12. The molecule has 1 amide bonds. The van der Waals surface area contributed by atoms with Gasteiger partial charge in [-0.15, -0.1) is 24.0 Å². The van der Waals surface area contributed by atoms with Crippen LogP contribution < -0.4 is 16.0 Å². The van der Waals surface area contributed by atoms with Gasteiger partial charge in [0, 0.05) is 19.1 Å². The Hall–Kier alpha value is -0.730. The van der Waals surface area contributed by atoms with E-state index in [-0.39, 0.29) is 41.5 Å². The number of ether oxygens (including phenoxy) is 1. The molecule has 0 aliphatic rings. The van der Waals surface area contributed by atoms with Crippen molar-refractivity contribution in [1.29, 1.82) is 0 Å². The molecule has 0 fully saturated rings. The lowest BCUT2D eigenvalue weighted by Crippen LogP contribution is -2.53. The number of carbonyl (C=O) groups is 1. The van der Waals surface area contributed by atoms with Crippen LogP contribution in [0, 0.1) is 5.92 Å². The first-order chi connectivity index (χ1) is 9.84. The maximum absolute atomic E-state index is 11.9. The third kappa shape index (κ3) is 13.4. The van der Waals surface area contributed by atoms with Crippen LogP contribution in [0.1, 0.15) is 55.4 Å². The van der Waals surface area contributed by atoms with E-state index in [4.69, 9.17) is 4.74 Å². The van der Waals surface area contributed by atoms with E-state index >= 15 is 0 Å². The fraction of sp³-hybridized carbons (Fsp3) is 0.875. The largest absolute Gasteiger partial charge is 0.444 e. The van der Waals surface area contributed by atoms with Gasteiger partial charge < -0.3 is 20.7 Å². The Balaban J connectivity index is 0. The van der Waals surface area contributed by atoms with Crippen LogP contribution in [0.15, 0.2) is 4.99 Å². The van der Waals surface area contributed by atoms with Gasteiger partial charge in [0.15, 0.2) is 5.96 Å². The fourth-order valence-electron chi connectivity index (χ4n) is 1.65. The Bertz CT molecular complexity index is 385. The summed E-state index contributed by atoms with van der Waals surface area (Å²) in [5.74, 6) is 0.983. The van der Waals surface area contributed by atoms with E-state index < -0.39 is 11.7 Å². The van der Waals surface area contributed by atoms with Crippen molar-refractivity contribution in [3.05, 3.63) is 0 Å². The molecule has 1 atom stereocenters. The van der Waals surface area contributed by atoms with Gasteiger partial charge in [-0.25, -0.2) is 4.79 Å². The normalized spacial score (nSPS) is 13.9. The molecule has 0 saturated heterocycles. The van der Waals surface area contributed by atoms with Crippen molar-refractivity contribution in [2.24, 2.45) is 10.9 Å². The van der Waals surface area contributed by atoms with Crippen molar-refractivity contribution in [1.82, 2.24) is 16.0 Å². The predicted molar refractivity (Wildman–Crippen MR) is 108 cm³/mol. The van der Waals surface area contributed by atoms with Crippen molar-refractivity contribution in [3.63, 3.8) is 0 Å². The molecule has 7 heteroatoms. The third-order valence-corrected chi connectivity index (χ3v) is 2.71. The molecule has 0 aliphatic carbocycles. The highest BCUT2D eigenvalue weighted by Gasteiger charge is 2.22. The molecule has 0 aromatic heterocycles. The average Bonchev–Trinajstić information content (AvgIpc) is 2.28. The zero-order chi connectivity index (χ0) is 17.6. The number of alkyl carbamates (subject to hydrolysis) is 1. The maximum Gasteiger partial charge on any atom is 0.407 e. The minimum Gasteiger partial charge on any atom is -0.444 e. The van der Waals surface area contributed by atoms with Gasteiger partial charge in [0.1, 0.15) is 5.60 Å². The zero-order valence-corrected chi connectivity index (χ0v) is 18.4. The third-order valence-electron chi connectivity index (χ3n) is 2.71. The first kappa shape index (κ1) is 24.5. The minimum atomic E-state index is -0.497. The Kier molecular flexibility index (Phi) is 10.9. The van der Waals surface area contributed by atoms with E-state index in [0.29, 0.717) is 12.5 Å². The van der Waals surface area contributed by atoms with E-state index in [1.165, 1.54) is 0 Å². The lowest BCUT2D eigenvalue weighted by Gasteiger charge is -2.28. The van der Waals surface area contributed by atoms with Gasteiger partial charge in [0.25, 0.3) is 0 Å². The van der Waals surface area contributed by atoms with E-state index in [2.05, 4.69) is 55.6 Å². The van der Waals surface area contributed by atoms with Gasteiger partial charge in [0.2, 0.25) is 0 Å². The summed E-state index contributed by atoms with van der Waals surface area (Å²) < 4.78 is 5.31. The molecule has 0 rings (SSSR count). The molecule has 0 aromatic carbocycles. The second-order valence-electron chi connectivity index (χ2n) is 7.82. The molecule has 0 saturated carbocycles. The lowest BCUT2D eigenvalue weighted by atomic mass is 10.0. The van der Waals surface area contributed by atoms with Crippen molar-refractivity contribution >= 4 is 36.0 Å². The number of guanidine groups is 1. The van der Waals surface area contributed by atoms with E-state index in [0.717, 1.165) is 0 Å². The number of amides is 1. The number of aliphatic imine (C=N–C) groups is 1. The lowest BCUT2D eigenvalue weighted by molar-refractivity contribution is 0.0491. The van der Waals surface area contributed by atoms with Gasteiger partial charge in [-0.05, 0) is 47.5 Å². The molecule has 0 spiro atoms. The second kappa shape index (κ2) is 10.2. The molecule has 0 bridgehead atoms. The highest BCUT2D eigenvalue weighted by atomic mass is 127. The molecule has 0 heterocycles. The highest BCUT2D eigenvalue weighted by Crippen LogP contribution is 2.08. The Labute approximate surface area is 158 Å².